The van der Waals surface area contributed by atoms with Gasteiger partial charge in [-0.15, -0.1) is 0 Å². The average molecular weight is 430 g/mol. The van der Waals surface area contributed by atoms with Crippen LogP contribution in [0.4, 0.5) is 0 Å². The number of nitrogens with one attached hydrogen (secondary N) is 1. The molecule has 1 aliphatic heterocycles. The molecule has 1 aliphatic rings. The Morgan fingerprint density at radius 2 is 2.03 bits per heavy atom. The third kappa shape index (κ3) is 5.85. The molecule has 1 aromatic carbocycles. The van der Waals surface area contributed by atoms with E-state index in [0.29, 0.717) is 11.6 Å². The van der Waals surface area contributed by atoms with Gasteiger partial charge in [-0.05, 0) is 64.7 Å². The molecule has 170 valence electrons. The summed E-state index contributed by atoms with van der Waals surface area (Å²) < 4.78 is 13.4. The van der Waals surface area contributed by atoms with Gasteiger partial charge in [0.05, 0.1) is 17.1 Å². The number of carbonyl (C=O) groups excluding carboxylic acids is 2. The van der Waals surface area contributed by atoms with Crippen LogP contribution in [0.5, 0.6) is 0 Å². The molecule has 31 heavy (non-hydrogen) atoms. The summed E-state index contributed by atoms with van der Waals surface area (Å²) in [5.41, 5.74) is 1.73. The molecule has 7 nitrogen and oxygen atoms in total. The summed E-state index contributed by atoms with van der Waals surface area (Å²) in [6, 6.07) is 5.91. The monoisotopic (exact) mass is 429 g/mol. The molecule has 0 spiro atoms. The zero-order valence-corrected chi connectivity index (χ0v) is 19.4. The first-order valence-corrected chi connectivity index (χ1v) is 11.3. The van der Waals surface area contributed by atoms with Gasteiger partial charge >= 0.3 is 5.97 Å². The van der Waals surface area contributed by atoms with E-state index in [4.69, 9.17) is 14.5 Å². The van der Waals surface area contributed by atoms with E-state index in [0.717, 1.165) is 55.6 Å². The number of benzene rings is 1. The van der Waals surface area contributed by atoms with Crippen molar-refractivity contribution in [3.05, 3.63) is 29.6 Å². The molecule has 2 aromatic rings. The van der Waals surface area contributed by atoms with E-state index >= 15 is 0 Å². The number of rotatable bonds is 8. The van der Waals surface area contributed by atoms with Crippen molar-refractivity contribution in [1.82, 2.24) is 14.9 Å². The highest BCUT2D eigenvalue weighted by molar-refractivity contribution is 5.98. The van der Waals surface area contributed by atoms with Gasteiger partial charge < -0.3 is 19.4 Å². The van der Waals surface area contributed by atoms with Crippen molar-refractivity contribution in [3.63, 3.8) is 0 Å². The minimum Gasteiger partial charge on any atom is -0.459 e. The van der Waals surface area contributed by atoms with Crippen LogP contribution in [-0.4, -0.2) is 46.3 Å². The van der Waals surface area contributed by atoms with E-state index in [1.807, 2.05) is 6.07 Å². The zero-order valence-electron chi connectivity index (χ0n) is 19.4. The molecule has 1 N–H and O–H groups in total. The van der Waals surface area contributed by atoms with Gasteiger partial charge in [-0.25, -0.2) is 4.98 Å². The first-order chi connectivity index (χ1) is 14.7. The third-order valence-corrected chi connectivity index (χ3v) is 5.58. The predicted molar refractivity (Wildman–Crippen MR) is 120 cm³/mol. The maximum absolute atomic E-state index is 12.6. The Morgan fingerprint density at radius 1 is 1.29 bits per heavy atom. The van der Waals surface area contributed by atoms with Crippen molar-refractivity contribution >= 4 is 22.9 Å². The number of hydrogen-bond acceptors (Lipinski definition) is 5. The van der Waals surface area contributed by atoms with E-state index < -0.39 is 11.6 Å². The number of aromatic nitrogens is 2. The number of imidazole rings is 1. The van der Waals surface area contributed by atoms with Crippen molar-refractivity contribution in [2.45, 2.75) is 84.5 Å². The molecular formula is C24H35N3O4. The Labute approximate surface area is 184 Å². The van der Waals surface area contributed by atoms with Gasteiger partial charge in [-0.1, -0.05) is 13.8 Å². The van der Waals surface area contributed by atoms with Crippen molar-refractivity contribution < 1.29 is 19.1 Å². The smallest absolute Gasteiger partial charge is 0.325 e. The average Bonchev–Trinajstić information content (AvgIpc) is 3.34. The summed E-state index contributed by atoms with van der Waals surface area (Å²) in [6.07, 6.45) is 5.17. The van der Waals surface area contributed by atoms with Crippen LogP contribution in [0.15, 0.2) is 18.2 Å². The normalized spacial score (nSPS) is 16.8. The Balaban J connectivity index is 1.82. The summed E-state index contributed by atoms with van der Waals surface area (Å²) >= 11 is 0. The van der Waals surface area contributed by atoms with Crippen LogP contribution in [0, 0.1) is 0 Å². The van der Waals surface area contributed by atoms with Gasteiger partial charge in [0, 0.05) is 24.6 Å². The van der Waals surface area contributed by atoms with E-state index in [-0.39, 0.29) is 18.6 Å². The van der Waals surface area contributed by atoms with E-state index in [9.17, 15) is 9.59 Å². The van der Waals surface area contributed by atoms with Crippen LogP contribution in [0.1, 0.15) is 82.5 Å². The minimum atomic E-state index is -0.581. The molecular weight excluding hydrogens is 394 g/mol. The lowest BCUT2D eigenvalue weighted by molar-refractivity contribution is -0.153. The molecule has 0 radical (unpaired) electrons. The quantitative estimate of drug-likeness (QED) is 0.636. The number of amides is 1. The largest absolute Gasteiger partial charge is 0.459 e. The maximum atomic E-state index is 12.6. The number of esters is 1. The molecule has 1 amide bonds. The van der Waals surface area contributed by atoms with Gasteiger partial charge in [-0.3, -0.25) is 9.59 Å². The second kappa shape index (κ2) is 9.81. The summed E-state index contributed by atoms with van der Waals surface area (Å²) in [5.74, 6) is 0.242. The first-order valence-electron chi connectivity index (χ1n) is 11.3. The Hall–Kier alpha value is -2.41. The lowest BCUT2D eigenvalue weighted by Crippen LogP contribution is -2.34. The molecule has 1 saturated heterocycles. The Kier molecular flexibility index (Phi) is 7.36. The van der Waals surface area contributed by atoms with Crippen LogP contribution < -0.4 is 5.32 Å². The summed E-state index contributed by atoms with van der Waals surface area (Å²) in [6.45, 7) is 10.4. The van der Waals surface area contributed by atoms with E-state index in [2.05, 4.69) is 23.7 Å². The van der Waals surface area contributed by atoms with Crippen LogP contribution in [0.25, 0.3) is 11.0 Å². The Bertz CT molecular complexity index is 919. The van der Waals surface area contributed by atoms with Gasteiger partial charge in [0.1, 0.15) is 18.0 Å². The van der Waals surface area contributed by atoms with Crippen molar-refractivity contribution in [2.75, 3.05) is 13.2 Å². The highest BCUT2D eigenvalue weighted by atomic mass is 16.6. The lowest BCUT2D eigenvalue weighted by atomic mass is 10.1. The molecule has 2 heterocycles. The predicted octanol–water partition coefficient (Wildman–Crippen LogP) is 4.19. The number of nitrogens with zero attached hydrogens (tertiary/aromatic N) is 2. The topological polar surface area (TPSA) is 82.5 Å². The molecule has 0 bridgehead atoms. The highest BCUT2D eigenvalue weighted by Gasteiger charge is 2.23. The van der Waals surface area contributed by atoms with E-state index in [1.54, 1.807) is 32.9 Å². The number of carbonyl (C=O) groups is 2. The standard InChI is InChI=1S/C24H35N3O4/c1-6-17(7-2)27-20-11-10-16(23(29)25-15-22(28)31-24(3,4)5)13-19(20)26-21(27)14-18-9-8-12-30-18/h10-11,13,17-18H,6-9,12,14-15H2,1-5H3,(H,25,29). The van der Waals surface area contributed by atoms with Gasteiger partial charge in [0.15, 0.2) is 0 Å². The first kappa shape index (κ1) is 23.3. The second-order valence-electron chi connectivity index (χ2n) is 9.18. The molecule has 1 fully saturated rings. The van der Waals surface area contributed by atoms with Crippen molar-refractivity contribution in [2.24, 2.45) is 0 Å². The van der Waals surface area contributed by atoms with Crippen LogP contribution >= 0.6 is 0 Å². The molecule has 0 saturated carbocycles. The fraction of sp³-hybridized carbons (Fsp3) is 0.625. The maximum Gasteiger partial charge on any atom is 0.325 e. The fourth-order valence-electron chi connectivity index (χ4n) is 4.14. The van der Waals surface area contributed by atoms with Crippen LogP contribution in [0.3, 0.4) is 0 Å². The molecule has 7 heteroatoms. The number of hydrogen-bond donors (Lipinski definition) is 1. The molecule has 0 aliphatic carbocycles. The van der Waals surface area contributed by atoms with Gasteiger partial charge in [0.2, 0.25) is 0 Å². The SMILES string of the molecule is CCC(CC)n1c(CC2CCCO2)nc2cc(C(=O)NCC(=O)OC(C)(C)C)ccc21. The number of fused-ring (bicyclic) bond motifs is 1. The van der Waals surface area contributed by atoms with Crippen LogP contribution in [0.2, 0.25) is 0 Å². The van der Waals surface area contributed by atoms with Gasteiger partial charge in [-0.2, -0.15) is 0 Å². The highest BCUT2D eigenvalue weighted by Crippen LogP contribution is 2.28. The molecule has 1 unspecified atom stereocenters. The minimum absolute atomic E-state index is 0.166. The summed E-state index contributed by atoms with van der Waals surface area (Å²) in [5, 5.41) is 2.64. The summed E-state index contributed by atoms with van der Waals surface area (Å²) in [7, 11) is 0. The summed E-state index contributed by atoms with van der Waals surface area (Å²) in [4.78, 5) is 29.4. The lowest BCUT2D eigenvalue weighted by Gasteiger charge is -2.20. The van der Waals surface area contributed by atoms with Crippen molar-refractivity contribution in [3.8, 4) is 0 Å². The molecule has 1 atom stereocenters. The van der Waals surface area contributed by atoms with Gasteiger partial charge in [0.25, 0.3) is 5.91 Å². The fourth-order valence-corrected chi connectivity index (χ4v) is 4.14. The number of ether oxygens (including phenoxy) is 2. The zero-order chi connectivity index (χ0) is 22.6. The van der Waals surface area contributed by atoms with Crippen LogP contribution in [-0.2, 0) is 20.7 Å². The molecule has 1 aromatic heterocycles. The second-order valence-corrected chi connectivity index (χ2v) is 9.18. The third-order valence-electron chi connectivity index (χ3n) is 5.58. The van der Waals surface area contributed by atoms with Crippen molar-refractivity contribution in [1.29, 1.82) is 0 Å². The van der Waals surface area contributed by atoms with E-state index in [1.165, 1.54) is 0 Å². The molecule has 3 rings (SSSR count). The Morgan fingerprint density at radius 3 is 2.65 bits per heavy atom.